The lowest BCUT2D eigenvalue weighted by Gasteiger charge is -2.04. The molecule has 0 aliphatic carbocycles. The fourth-order valence-electron chi connectivity index (χ4n) is 1.42. The van der Waals surface area contributed by atoms with Gasteiger partial charge in [0.05, 0.1) is 5.56 Å². The van der Waals surface area contributed by atoms with Crippen LogP contribution in [0.5, 0.6) is 0 Å². The zero-order valence-electron chi connectivity index (χ0n) is 8.11. The van der Waals surface area contributed by atoms with Crippen molar-refractivity contribution < 1.29 is 8.78 Å². The molecule has 2 nitrogen and oxygen atoms in total. The Morgan fingerprint density at radius 2 is 1.81 bits per heavy atom. The molecular weight excluding hydrogens is 210 g/mol. The topological polar surface area (TPSA) is 36.7 Å². The Bertz CT molecular complexity index is 553. The molecule has 78 valence electrons. The van der Waals surface area contributed by atoms with Gasteiger partial charge in [-0.15, -0.1) is 0 Å². The number of benzene rings is 1. The van der Waals surface area contributed by atoms with Gasteiger partial charge in [0.25, 0.3) is 0 Å². The highest BCUT2D eigenvalue weighted by Gasteiger charge is 2.11. The normalized spacial score (nSPS) is 9.81. The molecule has 0 amide bonds. The number of aromatic nitrogens is 1. The van der Waals surface area contributed by atoms with Crippen LogP contribution in [0.25, 0.3) is 11.1 Å². The highest BCUT2D eigenvalue weighted by atomic mass is 19.1. The van der Waals surface area contributed by atoms with Crippen LogP contribution in [-0.2, 0) is 0 Å². The van der Waals surface area contributed by atoms with Crippen molar-refractivity contribution in [3.8, 4) is 17.2 Å². The summed E-state index contributed by atoms with van der Waals surface area (Å²) in [5, 5.41) is 8.65. The van der Waals surface area contributed by atoms with Gasteiger partial charge in [0.2, 0.25) is 0 Å². The van der Waals surface area contributed by atoms with Crippen molar-refractivity contribution in [1.82, 2.24) is 4.98 Å². The van der Waals surface area contributed by atoms with Crippen molar-refractivity contribution in [2.24, 2.45) is 0 Å². The molecule has 0 saturated heterocycles. The fraction of sp³-hybridized carbons (Fsp3) is 0. The van der Waals surface area contributed by atoms with E-state index in [1.165, 1.54) is 36.5 Å². The zero-order chi connectivity index (χ0) is 11.5. The molecule has 0 fully saturated rings. The fourth-order valence-corrected chi connectivity index (χ4v) is 1.42. The predicted molar refractivity (Wildman–Crippen MR) is 54.3 cm³/mol. The average Bonchev–Trinajstić information content (AvgIpc) is 2.29. The van der Waals surface area contributed by atoms with E-state index in [-0.39, 0.29) is 11.3 Å². The Morgan fingerprint density at radius 3 is 2.44 bits per heavy atom. The van der Waals surface area contributed by atoms with Crippen LogP contribution in [0.15, 0.2) is 36.5 Å². The summed E-state index contributed by atoms with van der Waals surface area (Å²) in [6.45, 7) is 0. The van der Waals surface area contributed by atoms with Gasteiger partial charge in [0.15, 0.2) is 0 Å². The number of rotatable bonds is 1. The van der Waals surface area contributed by atoms with Crippen LogP contribution in [0.3, 0.4) is 0 Å². The van der Waals surface area contributed by atoms with E-state index in [0.29, 0.717) is 5.56 Å². The van der Waals surface area contributed by atoms with Crippen LogP contribution in [0.1, 0.15) is 5.69 Å². The highest BCUT2D eigenvalue weighted by Crippen LogP contribution is 2.25. The van der Waals surface area contributed by atoms with Crippen molar-refractivity contribution in [3.05, 3.63) is 53.9 Å². The molecule has 0 unspecified atom stereocenters. The molecule has 0 aliphatic rings. The molecule has 0 spiro atoms. The SMILES string of the molecule is N#Cc1cc(-c2c(F)cccc2F)ccn1. The van der Waals surface area contributed by atoms with Crippen LogP contribution in [-0.4, -0.2) is 4.98 Å². The first-order valence-corrected chi connectivity index (χ1v) is 4.53. The maximum Gasteiger partial charge on any atom is 0.141 e. The van der Waals surface area contributed by atoms with Gasteiger partial charge >= 0.3 is 0 Å². The molecular formula is C12H6F2N2. The monoisotopic (exact) mass is 216 g/mol. The van der Waals surface area contributed by atoms with Gasteiger partial charge in [-0.3, -0.25) is 0 Å². The van der Waals surface area contributed by atoms with Crippen LogP contribution in [0.4, 0.5) is 8.78 Å². The van der Waals surface area contributed by atoms with E-state index >= 15 is 0 Å². The van der Waals surface area contributed by atoms with Gasteiger partial charge in [-0.1, -0.05) is 6.07 Å². The van der Waals surface area contributed by atoms with Gasteiger partial charge in [-0.05, 0) is 29.8 Å². The molecule has 16 heavy (non-hydrogen) atoms. The first kappa shape index (κ1) is 10.2. The lowest BCUT2D eigenvalue weighted by molar-refractivity contribution is 0.589. The Morgan fingerprint density at radius 1 is 1.12 bits per heavy atom. The zero-order valence-corrected chi connectivity index (χ0v) is 8.11. The van der Waals surface area contributed by atoms with Crippen molar-refractivity contribution in [2.75, 3.05) is 0 Å². The van der Waals surface area contributed by atoms with Crippen LogP contribution < -0.4 is 0 Å². The highest BCUT2D eigenvalue weighted by molar-refractivity contribution is 5.65. The lowest BCUT2D eigenvalue weighted by atomic mass is 10.1. The van der Waals surface area contributed by atoms with E-state index < -0.39 is 11.6 Å². The molecule has 0 aliphatic heterocycles. The van der Waals surface area contributed by atoms with Crippen molar-refractivity contribution in [3.63, 3.8) is 0 Å². The summed E-state index contributed by atoms with van der Waals surface area (Å²) in [4.78, 5) is 3.74. The number of pyridine rings is 1. The molecule has 4 heteroatoms. The third kappa shape index (κ3) is 1.75. The Balaban J connectivity index is 2.64. The number of halogens is 2. The minimum absolute atomic E-state index is 0.125. The number of nitriles is 1. The van der Waals surface area contributed by atoms with E-state index in [0.717, 1.165) is 0 Å². The second kappa shape index (κ2) is 4.07. The number of hydrogen-bond acceptors (Lipinski definition) is 2. The summed E-state index contributed by atoms with van der Waals surface area (Å²) in [7, 11) is 0. The Hall–Kier alpha value is -2.28. The minimum atomic E-state index is -0.657. The average molecular weight is 216 g/mol. The van der Waals surface area contributed by atoms with E-state index in [9.17, 15) is 8.78 Å². The van der Waals surface area contributed by atoms with E-state index in [1.807, 2.05) is 6.07 Å². The first-order valence-electron chi connectivity index (χ1n) is 4.53. The molecule has 0 radical (unpaired) electrons. The molecule has 1 heterocycles. The van der Waals surface area contributed by atoms with Gasteiger partial charge in [0, 0.05) is 6.20 Å². The van der Waals surface area contributed by atoms with E-state index in [2.05, 4.69) is 4.98 Å². The van der Waals surface area contributed by atoms with Gasteiger partial charge in [0.1, 0.15) is 23.4 Å². The summed E-state index contributed by atoms with van der Waals surface area (Å²) in [6.07, 6.45) is 1.35. The summed E-state index contributed by atoms with van der Waals surface area (Å²) in [5.41, 5.74) is 0.295. The number of nitrogens with zero attached hydrogens (tertiary/aromatic N) is 2. The second-order valence-corrected chi connectivity index (χ2v) is 3.14. The van der Waals surface area contributed by atoms with E-state index in [1.54, 1.807) is 0 Å². The summed E-state index contributed by atoms with van der Waals surface area (Å²) < 4.78 is 26.9. The van der Waals surface area contributed by atoms with Gasteiger partial charge in [-0.25, -0.2) is 13.8 Å². The molecule has 1 aromatic heterocycles. The third-order valence-corrected chi connectivity index (χ3v) is 2.13. The molecule has 1 aromatic carbocycles. The van der Waals surface area contributed by atoms with Crippen molar-refractivity contribution in [1.29, 1.82) is 5.26 Å². The Kier molecular flexibility index (Phi) is 2.61. The molecule has 0 atom stereocenters. The van der Waals surface area contributed by atoms with Gasteiger partial charge < -0.3 is 0 Å². The molecule has 0 N–H and O–H groups in total. The maximum atomic E-state index is 13.4. The van der Waals surface area contributed by atoms with Crippen LogP contribution in [0, 0.1) is 23.0 Å². The second-order valence-electron chi connectivity index (χ2n) is 3.14. The van der Waals surface area contributed by atoms with Crippen LogP contribution >= 0.6 is 0 Å². The largest absolute Gasteiger partial charge is 0.246 e. The Labute approximate surface area is 90.8 Å². The van der Waals surface area contributed by atoms with E-state index in [4.69, 9.17) is 5.26 Å². The molecule has 2 aromatic rings. The summed E-state index contributed by atoms with van der Waals surface area (Å²) in [6, 6.07) is 8.26. The molecule has 2 rings (SSSR count). The number of hydrogen-bond donors (Lipinski definition) is 0. The predicted octanol–water partition coefficient (Wildman–Crippen LogP) is 2.90. The standard InChI is InChI=1S/C12H6F2N2/c13-10-2-1-3-11(14)12(10)8-4-5-16-9(6-8)7-15/h1-6H. The van der Waals surface area contributed by atoms with Crippen molar-refractivity contribution >= 4 is 0 Å². The quantitative estimate of drug-likeness (QED) is 0.734. The van der Waals surface area contributed by atoms with Gasteiger partial charge in [-0.2, -0.15) is 5.26 Å². The minimum Gasteiger partial charge on any atom is -0.246 e. The summed E-state index contributed by atoms with van der Waals surface area (Å²) in [5.74, 6) is -1.31. The van der Waals surface area contributed by atoms with Crippen molar-refractivity contribution in [2.45, 2.75) is 0 Å². The smallest absolute Gasteiger partial charge is 0.141 e. The molecule has 0 saturated carbocycles. The molecule has 0 bridgehead atoms. The van der Waals surface area contributed by atoms with Crippen LogP contribution in [0.2, 0.25) is 0 Å². The summed E-state index contributed by atoms with van der Waals surface area (Å²) >= 11 is 0. The third-order valence-electron chi connectivity index (χ3n) is 2.13. The lowest BCUT2D eigenvalue weighted by Crippen LogP contribution is -1.91. The maximum absolute atomic E-state index is 13.4. The first-order chi connectivity index (χ1) is 7.72.